The fraction of sp³-hybridized carbons (Fsp3) is 0.600. The number of rotatable bonds is 5. The molecule has 1 aliphatic heterocycles. The Morgan fingerprint density at radius 3 is 2.90 bits per heavy atom. The molecule has 0 bridgehead atoms. The number of anilines is 1. The topological polar surface area (TPSA) is 73.7 Å². The van der Waals surface area contributed by atoms with Gasteiger partial charge in [-0.15, -0.1) is 11.3 Å². The molecule has 1 aliphatic rings. The minimum absolute atomic E-state index is 0.0772. The fourth-order valence-electron chi connectivity index (χ4n) is 2.64. The third-order valence-corrected chi connectivity index (χ3v) is 4.85. The summed E-state index contributed by atoms with van der Waals surface area (Å²) in [7, 11) is 0. The molecule has 1 aromatic heterocycles. The highest BCUT2D eigenvalue weighted by Crippen LogP contribution is 2.37. The van der Waals surface area contributed by atoms with Crippen molar-refractivity contribution < 1.29 is 15.0 Å². The second-order valence-corrected chi connectivity index (χ2v) is 6.71. The van der Waals surface area contributed by atoms with Gasteiger partial charge < -0.3 is 15.1 Å². The summed E-state index contributed by atoms with van der Waals surface area (Å²) in [5.41, 5.74) is 1.05. The minimum Gasteiger partial charge on any atom is -0.481 e. The van der Waals surface area contributed by atoms with Gasteiger partial charge in [0.1, 0.15) is 0 Å². The Morgan fingerprint density at radius 2 is 2.33 bits per heavy atom. The van der Waals surface area contributed by atoms with Crippen LogP contribution in [0.1, 0.15) is 38.8 Å². The number of aliphatic hydroxyl groups excluding tert-OH is 1. The zero-order chi connectivity index (χ0) is 15.5. The van der Waals surface area contributed by atoms with Crippen molar-refractivity contribution in [2.45, 2.75) is 39.7 Å². The third-order valence-electron chi connectivity index (χ3n) is 3.90. The van der Waals surface area contributed by atoms with E-state index in [0.717, 1.165) is 23.7 Å². The van der Waals surface area contributed by atoms with Crippen molar-refractivity contribution in [1.29, 1.82) is 0 Å². The lowest BCUT2D eigenvalue weighted by Crippen LogP contribution is -2.47. The lowest BCUT2D eigenvalue weighted by Gasteiger charge is -2.39. The van der Waals surface area contributed by atoms with E-state index in [1.54, 1.807) is 0 Å². The van der Waals surface area contributed by atoms with Gasteiger partial charge in [-0.1, -0.05) is 11.6 Å². The number of nitrogens with zero attached hydrogens (tertiary/aromatic N) is 2. The maximum Gasteiger partial charge on any atom is 0.311 e. The molecule has 5 nitrogen and oxygen atoms in total. The lowest BCUT2D eigenvalue weighted by molar-refractivity contribution is -0.149. The van der Waals surface area contributed by atoms with Crippen molar-refractivity contribution in [3.05, 3.63) is 22.7 Å². The molecular formula is C15H22N2O3S. The molecule has 116 valence electrons. The van der Waals surface area contributed by atoms with Crippen LogP contribution >= 0.6 is 11.3 Å². The second kappa shape index (κ2) is 6.58. The van der Waals surface area contributed by atoms with Crippen molar-refractivity contribution in [2.24, 2.45) is 5.41 Å². The molecule has 6 heteroatoms. The van der Waals surface area contributed by atoms with E-state index in [-0.39, 0.29) is 6.61 Å². The zero-order valence-electron chi connectivity index (χ0n) is 12.5. The van der Waals surface area contributed by atoms with E-state index >= 15 is 0 Å². The van der Waals surface area contributed by atoms with Crippen molar-refractivity contribution >= 4 is 22.4 Å². The van der Waals surface area contributed by atoms with Crippen LogP contribution in [0.2, 0.25) is 0 Å². The predicted octanol–water partition coefficient (Wildman–Crippen LogP) is 2.66. The number of thiazole rings is 1. The predicted molar refractivity (Wildman–Crippen MR) is 83.6 cm³/mol. The smallest absolute Gasteiger partial charge is 0.311 e. The van der Waals surface area contributed by atoms with Gasteiger partial charge in [0.15, 0.2) is 5.13 Å². The van der Waals surface area contributed by atoms with Crippen molar-refractivity contribution in [2.75, 3.05) is 18.0 Å². The maximum absolute atomic E-state index is 11.8. The van der Waals surface area contributed by atoms with Crippen LogP contribution in [0, 0.1) is 5.41 Å². The number of aromatic nitrogens is 1. The summed E-state index contributed by atoms with van der Waals surface area (Å²) in [5, 5.41) is 21.4. The number of carboxylic acid groups (broad SMARTS) is 1. The number of aliphatic carboxylic acids is 1. The molecule has 1 fully saturated rings. The second-order valence-electron chi connectivity index (χ2n) is 5.88. The van der Waals surface area contributed by atoms with Gasteiger partial charge in [0.2, 0.25) is 0 Å². The van der Waals surface area contributed by atoms with E-state index in [4.69, 9.17) is 5.11 Å². The molecule has 0 radical (unpaired) electrons. The summed E-state index contributed by atoms with van der Waals surface area (Å²) in [6.07, 6.45) is 4.11. The van der Waals surface area contributed by atoms with Gasteiger partial charge in [-0.3, -0.25) is 4.79 Å². The van der Waals surface area contributed by atoms with Crippen LogP contribution in [0.3, 0.4) is 0 Å². The number of allylic oxidation sites excluding steroid dienone is 2. The Hall–Kier alpha value is -1.40. The summed E-state index contributed by atoms with van der Waals surface area (Å²) in [6, 6.07) is 0. The first kappa shape index (κ1) is 16.0. The summed E-state index contributed by atoms with van der Waals surface area (Å²) < 4.78 is 0. The fourth-order valence-corrected chi connectivity index (χ4v) is 3.48. The molecule has 0 amide bonds. The van der Waals surface area contributed by atoms with E-state index in [0.29, 0.717) is 25.1 Å². The minimum atomic E-state index is -0.736. The van der Waals surface area contributed by atoms with Crippen molar-refractivity contribution in [3.8, 4) is 0 Å². The van der Waals surface area contributed by atoms with Gasteiger partial charge in [0.05, 0.1) is 17.7 Å². The molecule has 0 unspecified atom stereocenters. The molecule has 1 aromatic rings. The van der Waals surface area contributed by atoms with Crippen LogP contribution in [0.5, 0.6) is 0 Å². The van der Waals surface area contributed by atoms with Gasteiger partial charge >= 0.3 is 5.97 Å². The molecule has 0 aromatic carbocycles. The zero-order valence-corrected chi connectivity index (χ0v) is 13.3. The first-order valence-corrected chi connectivity index (χ1v) is 8.02. The largest absolute Gasteiger partial charge is 0.481 e. The SMILES string of the molecule is CC(C)=CC[C@@]1(C(=O)O)CCCN(c2nc(CO)cs2)C1. The van der Waals surface area contributed by atoms with Crippen molar-refractivity contribution in [1.82, 2.24) is 4.98 Å². The van der Waals surface area contributed by atoms with Gasteiger partial charge in [-0.2, -0.15) is 0 Å². The quantitative estimate of drug-likeness (QED) is 0.818. The standard InChI is InChI=1S/C15H22N2O3S/c1-11(2)4-6-15(13(19)20)5-3-7-17(10-15)14-16-12(8-18)9-21-14/h4,9,18H,3,5-8,10H2,1-2H3,(H,19,20)/t15-/m0/s1. The van der Waals surface area contributed by atoms with Gasteiger partial charge in [-0.25, -0.2) is 4.98 Å². The molecule has 1 saturated heterocycles. The number of carboxylic acids is 1. The maximum atomic E-state index is 11.8. The van der Waals surface area contributed by atoms with Gasteiger partial charge in [0, 0.05) is 18.5 Å². The molecule has 2 N–H and O–H groups in total. The number of hydrogen-bond acceptors (Lipinski definition) is 5. The Bertz CT molecular complexity index is 537. The number of piperidine rings is 1. The molecule has 21 heavy (non-hydrogen) atoms. The van der Waals surface area contributed by atoms with Gasteiger partial charge in [0.25, 0.3) is 0 Å². The molecular weight excluding hydrogens is 288 g/mol. The van der Waals surface area contributed by atoms with Crippen LogP contribution in [-0.4, -0.2) is 34.3 Å². The Balaban J connectivity index is 2.19. The van der Waals surface area contributed by atoms with E-state index in [1.165, 1.54) is 11.3 Å². The van der Waals surface area contributed by atoms with E-state index < -0.39 is 11.4 Å². The molecule has 2 rings (SSSR count). The number of hydrogen-bond donors (Lipinski definition) is 2. The highest BCUT2D eigenvalue weighted by molar-refractivity contribution is 7.13. The van der Waals surface area contributed by atoms with Gasteiger partial charge in [-0.05, 0) is 33.1 Å². The summed E-state index contributed by atoms with van der Waals surface area (Å²) in [4.78, 5) is 18.2. The van der Waals surface area contributed by atoms with Crippen LogP contribution in [-0.2, 0) is 11.4 Å². The lowest BCUT2D eigenvalue weighted by atomic mass is 9.77. The van der Waals surface area contributed by atoms with E-state index in [9.17, 15) is 9.90 Å². The number of aliphatic hydroxyl groups is 1. The van der Waals surface area contributed by atoms with Crippen LogP contribution in [0.4, 0.5) is 5.13 Å². The van der Waals surface area contributed by atoms with E-state index in [1.807, 2.05) is 30.2 Å². The normalized spacial score (nSPS) is 22.1. The molecule has 0 spiro atoms. The first-order chi connectivity index (χ1) is 9.97. The molecule has 2 heterocycles. The third kappa shape index (κ3) is 3.63. The Morgan fingerprint density at radius 1 is 1.57 bits per heavy atom. The van der Waals surface area contributed by atoms with Crippen LogP contribution in [0.15, 0.2) is 17.0 Å². The summed E-state index contributed by atoms with van der Waals surface area (Å²) >= 11 is 1.46. The molecule has 0 saturated carbocycles. The van der Waals surface area contributed by atoms with E-state index in [2.05, 4.69) is 4.98 Å². The average molecular weight is 310 g/mol. The average Bonchev–Trinajstić information content (AvgIpc) is 2.94. The van der Waals surface area contributed by atoms with Crippen molar-refractivity contribution in [3.63, 3.8) is 0 Å². The van der Waals surface area contributed by atoms with Crippen LogP contribution in [0.25, 0.3) is 0 Å². The Labute approximate surface area is 128 Å². The first-order valence-electron chi connectivity index (χ1n) is 7.14. The highest BCUT2D eigenvalue weighted by Gasteiger charge is 2.42. The number of carbonyl (C=O) groups is 1. The highest BCUT2D eigenvalue weighted by atomic mass is 32.1. The molecule has 0 aliphatic carbocycles. The monoisotopic (exact) mass is 310 g/mol. The summed E-state index contributed by atoms with van der Waals surface area (Å²) in [5.74, 6) is -0.733. The van der Waals surface area contributed by atoms with Crippen LogP contribution < -0.4 is 4.90 Å². The Kier molecular flexibility index (Phi) is 5.00. The molecule has 1 atom stereocenters. The summed E-state index contributed by atoms with van der Waals surface area (Å²) in [6.45, 7) is 5.20.